The first kappa shape index (κ1) is 11.7. The summed E-state index contributed by atoms with van der Waals surface area (Å²) >= 11 is 1.61. The molecule has 0 saturated heterocycles. The van der Waals surface area contributed by atoms with Crippen LogP contribution in [0.3, 0.4) is 0 Å². The van der Waals surface area contributed by atoms with Gasteiger partial charge in [-0.15, -0.1) is 11.3 Å². The minimum atomic E-state index is -0.596. The van der Waals surface area contributed by atoms with Crippen LogP contribution in [0.25, 0.3) is 0 Å². The number of benzene rings is 1. The van der Waals surface area contributed by atoms with Crippen molar-refractivity contribution in [3.8, 4) is 5.75 Å². The molecule has 0 bridgehead atoms. The van der Waals surface area contributed by atoms with Gasteiger partial charge < -0.3 is 9.84 Å². The van der Waals surface area contributed by atoms with Crippen LogP contribution in [0.4, 0.5) is 4.39 Å². The first-order valence-electron chi connectivity index (χ1n) is 5.83. The zero-order valence-electron chi connectivity index (χ0n) is 9.89. The van der Waals surface area contributed by atoms with E-state index in [-0.39, 0.29) is 11.9 Å². The molecule has 94 valence electrons. The minimum Gasteiger partial charge on any atom is -0.484 e. The summed E-state index contributed by atoms with van der Waals surface area (Å²) in [5, 5.41) is 12.1. The Balaban J connectivity index is 1.98. The van der Waals surface area contributed by atoms with Crippen molar-refractivity contribution >= 4 is 11.3 Å². The maximum atomic E-state index is 13.2. The second-order valence-electron chi connectivity index (χ2n) is 4.51. The van der Waals surface area contributed by atoms with Crippen molar-refractivity contribution in [2.45, 2.75) is 25.6 Å². The van der Waals surface area contributed by atoms with Crippen molar-refractivity contribution in [3.05, 3.63) is 51.5 Å². The molecular weight excluding hydrogens is 251 g/mol. The number of hydrogen-bond donors (Lipinski definition) is 1. The molecule has 2 atom stereocenters. The Bertz CT molecular complexity index is 579. The van der Waals surface area contributed by atoms with Crippen molar-refractivity contribution < 1.29 is 14.2 Å². The number of aliphatic hydroxyl groups is 1. The van der Waals surface area contributed by atoms with Crippen LogP contribution >= 0.6 is 11.3 Å². The summed E-state index contributed by atoms with van der Waals surface area (Å²) < 4.78 is 19.0. The van der Waals surface area contributed by atoms with Gasteiger partial charge in [-0.05, 0) is 36.1 Å². The van der Waals surface area contributed by atoms with E-state index in [0.717, 1.165) is 10.4 Å². The van der Waals surface area contributed by atoms with E-state index in [1.165, 1.54) is 12.1 Å². The summed E-state index contributed by atoms with van der Waals surface area (Å²) in [7, 11) is 0. The molecule has 0 spiro atoms. The summed E-state index contributed by atoms with van der Waals surface area (Å²) in [6.45, 7) is 2.02. The molecule has 0 aliphatic carbocycles. The molecule has 1 aromatic heterocycles. The molecule has 0 radical (unpaired) electrons. The molecule has 18 heavy (non-hydrogen) atoms. The molecule has 3 rings (SSSR count). The molecule has 1 aliphatic rings. The van der Waals surface area contributed by atoms with Crippen LogP contribution in [-0.4, -0.2) is 5.11 Å². The Hall–Kier alpha value is -1.39. The fourth-order valence-corrected chi connectivity index (χ4v) is 3.26. The van der Waals surface area contributed by atoms with Gasteiger partial charge in [-0.1, -0.05) is 0 Å². The number of aryl methyl sites for hydroxylation is 1. The fraction of sp³-hybridized carbons (Fsp3) is 0.286. The van der Waals surface area contributed by atoms with Gasteiger partial charge in [0.1, 0.15) is 17.7 Å². The van der Waals surface area contributed by atoms with Crippen LogP contribution in [0, 0.1) is 12.7 Å². The van der Waals surface area contributed by atoms with E-state index in [9.17, 15) is 9.50 Å². The highest BCUT2D eigenvalue weighted by atomic mass is 32.1. The van der Waals surface area contributed by atoms with Gasteiger partial charge in [-0.2, -0.15) is 0 Å². The largest absolute Gasteiger partial charge is 0.484 e. The highest BCUT2D eigenvalue weighted by Crippen LogP contribution is 2.42. The van der Waals surface area contributed by atoms with Gasteiger partial charge in [-0.25, -0.2) is 4.39 Å². The Morgan fingerprint density at radius 2 is 2.22 bits per heavy atom. The molecule has 2 nitrogen and oxygen atoms in total. The molecule has 2 heterocycles. The highest BCUT2D eigenvalue weighted by Gasteiger charge is 2.29. The van der Waals surface area contributed by atoms with E-state index in [1.807, 2.05) is 18.4 Å². The SMILES string of the molecule is Cc1ccsc1C1C[C@@H](O)c2ccc(F)cc2O1. The number of halogens is 1. The third kappa shape index (κ3) is 1.91. The second-order valence-corrected chi connectivity index (χ2v) is 5.46. The standard InChI is InChI=1S/C14H13FO2S/c1-8-4-5-18-14(8)13-7-11(16)10-3-2-9(15)6-12(10)17-13/h2-6,11,13,16H,7H2,1H3/t11-,13?/m1/s1. The molecule has 1 aliphatic heterocycles. The predicted molar refractivity (Wildman–Crippen MR) is 68.4 cm³/mol. The average Bonchev–Trinajstić information content (AvgIpc) is 2.74. The number of thiophene rings is 1. The van der Waals surface area contributed by atoms with Crippen molar-refractivity contribution in [2.75, 3.05) is 0 Å². The lowest BCUT2D eigenvalue weighted by Crippen LogP contribution is -2.18. The molecule has 1 unspecified atom stereocenters. The first-order valence-corrected chi connectivity index (χ1v) is 6.71. The van der Waals surface area contributed by atoms with Crippen LogP contribution in [0.15, 0.2) is 29.6 Å². The molecule has 0 fully saturated rings. The van der Waals surface area contributed by atoms with Crippen molar-refractivity contribution in [1.29, 1.82) is 0 Å². The number of aliphatic hydroxyl groups excluding tert-OH is 1. The summed E-state index contributed by atoms with van der Waals surface area (Å²) in [5.41, 5.74) is 1.82. The summed E-state index contributed by atoms with van der Waals surface area (Å²) in [6.07, 6.45) is -0.268. The summed E-state index contributed by atoms with van der Waals surface area (Å²) in [4.78, 5) is 1.10. The quantitative estimate of drug-likeness (QED) is 0.850. The van der Waals surface area contributed by atoms with E-state index in [2.05, 4.69) is 0 Å². The van der Waals surface area contributed by atoms with Crippen molar-refractivity contribution in [2.24, 2.45) is 0 Å². The normalized spacial score (nSPS) is 22.4. The minimum absolute atomic E-state index is 0.186. The second kappa shape index (κ2) is 4.37. The van der Waals surface area contributed by atoms with Crippen LogP contribution in [0.2, 0.25) is 0 Å². The highest BCUT2D eigenvalue weighted by molar-refractivity contribution is 7.10. The zero-order chi connectivity index (χ0) is 12.7. The molecule has 4 heteroatoms. The number of fused-ring (bicyclic) bond motifs is 1. The number of ether oxygens (including phenoxy) is 1. The van der Waals surface area contributed by atoms with Crippen molar-refractivity contribution in [1.82, 2.24) is 0 Å². The smallest absolute Gasteiger partial charge is 0.136 e. The number of rotatable bonds is 1. The Kier molecular flexibility index (Phi) is 2.84. The van der Waals surface area contributed by atoms with Crippen LogP contribution in [0.5, 0.6) is 5.75 Å². The summed E-state index contributed by atoms with van der Waals surface area (Å²) in [6, 6.07) is 6.31. The van der Waals surface area contributed by atoms with Gasteiger partial charge in [0.15, 0.2) is 0 Å². The third-order valence-electron chi connectivity index (χ3n) is 3.24. The molecule has 2 aromatic rings. The molecule has 0 amide bonds. The maximum Gasteiger partial charge on any atom is 0.136 e. The predicted octanol–water partition coefficient (Wildman–Crippen LogP) is 3.75. The average molecular weight is 264 g/mol. The van der Waals surface area contributed by atoms with Gasteiger partial charge in [0.25, 0.3) is 0 Å². The lowest BCUT2D eigenvalue weighted by atomic mass is 9.97. The molecular formula is C14H13FO2S. The van der Waals surface area contributed by atoms with E-state index in [1.54, 1.807) is 17.4 Å². The topological polar surface area (TPSA) is 29.5 Å². The van der Waals surface area contributed by atoms with Crippen LogP contribution < -0.4 is 4.74 Å². The monoisotopic (exact) mass is 264 g/mol. The van der Waals surface area contributed by atoms with Gasteiger partial charge in [0.2, 0.25) is 0 Å². The van der Waals surface area contributed by atoms with E-state index in [4.69, 9.17) is 4.74 Å². The van der Waals surface area contributed by atoms with E-state index < -0.39 is 6.10 Å². The third-order valence-corrected chi connectivity index (χ3v) is 4.35. The molecule has 0 saturated carbocycles. The maximum absolute atomic E-state index is 13.2. The number of hydrogen-bond acceptors (Lipinski definition) is 3. The molecule has 1 N–H and O–H groups in total. The van der Waals surface area contributed by atoms with Gasteiger partial charge in [-0.3, -0.25) is 0 Å². The fourth-order valence-electron chi connectivity index (χ4n) is 2.29. The van der Waals surface area contributed by atoms with Gasteiger partial charge >= 0.3 is 0 Å². The van der Waals surface area contributed by atoms with Crippen LogP contribution in [0.1, 0.15) is 34.6 Å². The van der Waals surface area contributed by atoms with Gasteiger partial charge in [0, 0.05) is 22.9 Å². The van der Waals surface area contributed by atoms with Gasteiger partial charge in [0.05, 0.1) is 6.10 Å². The Morgan fingerprint density at radius 1 is 1.39 bits per heavy atom. The zero-order valence-corrected chi connectivity index (χ0v) is 10.7. The van der Waals surface area contributed by atoms with E-state index >= 15 is 0 Å². The Labute approximate surface area is 109 Å². The molecule has 1 aromatic carbocycles. The lowest BCUT2D eigenvalue weighted by Gasteiger charge is -2.29. The Morgan fingerprint density at radius 3 is 2.94 bits per heavy atom. The summed E-state index contributed by atoms with van der Waals surface area (Å²) in [5.74, 6) is 0.107. The lowest BCUT2D eigenvalue weighted by molar-refractivity contribution is 0.0668. The van der Waals surface area contributed by atoms with E-state index in [0.29, 0.717) is 17.7 Å². The first-order chi connectivity index (χ1) is 8.65. The van der Waals surface area contributed by atoms with Crippen LogP contribution in [-0.2, 0) is 0 Å². The van der Waals surface area contributed by atoms with Crippen molar-refractivity contribution in [3.63, 3.8) is 0 Å².